The number of rotatable bonds is 2. The van der Waals surface area contributed by atoms with Crippen LogP contribution < -0.4 is 0 Å². The van der Waals surface area contributed by atoms with Crippen LogP contribution in [0, 0.1) is 0 Å². The Balaban J connectivity index is 1.29. The van der Waals surface area contributed by atoms with Crippen molar-refractivity contribution >= 4 is 28.1 Å². The normalized spacial score (nSPS) is 15.5. The summed E-state index contributed by atoms with van der Waals surface area (Å²) < 4.78 is 0. The number of fused-ring (bicyclic) bond motifs is 10. The molecule has 0 saturated carbocycles. The second kappa shape index (κ2) is 8.85. The van der Waals surface area contributed by atoms with Gasteiger partial charge in [-0.2, -0.15) is 0 Å². The van der Waals surface area contributed by atoms with Gasteiger partial charge in [-0.1, -0.05) is 127 Å². The first kappa shape index (κ1) is 23.9. The van der Waals surface area contributed by atoms with E-state index in [0.29, 0.717) is 11.0 Å². The van der Waals surface area contributed by atoms with Crippen molar-refractivity contribution in [2.45, 2.75) is 18.3 Å². The molecule has 198 valence electrons. The Morgan fingerprint density at radius 1 is 0.619 bits per heavy atom. The van der Waals surface area contributed by atoms with Gasteiger partial charge in [0.2, 0.25) is 0 Å². The zero-order chi connectivity index (χ0) is 27.8. The Morgan fingerprint density at radius 3 is 2.10 bits per heavy atom. The fourth-order valence-electron chi connectivity index (χ4n) is 7.64. The van der Waals surface area contributed by atoms with Crippen LogP contribution in [0.2, 0.25) is 5.15 Å². The smallest absolute Gasteiger partial charge is 0.161 e. The summed E-state index contributed by atoms with van der Waals surface area (Å²) in [6.07, 6.45) is 6.83. The molecule has 1 aromatic heterocycles. The summed E-state index contributed by atoms with van der Waals surface area (Å²) in [5, 5.41) is 1.34. The number of hydrogen-bond donors (Lipinski definition) is 0. The third-order valence-corrected chi connectivity index (χ3v) is 9.58. The Bertz CT molecular complexity index is 2110. The molecular weight excluding hydrogens is 532 g/mol. The van der Waals surface area contributed by atoms with Crippen LogP contribution in [0.15, 0.2) is 133 Å². The minimum absolute atomic E-state index is 0.313. The van der Waals surface area contributed by atoms with Crippen molar-refractivity contribution < 1.29 is 0 Å². The van der Waals surface area contributed by atoms with Crippen LogP contribution in [0.5, 0.6) is 0 Å². The van der Waals surface area contributed by atoms with Gasteiger partial charge < -0.3 is 0 Å². The molecule has 0 bridgehead atoms. The molecule has 0 fully saturated rings. The molecule has 0 unspecified atom stereocenters. The third kappa shape index (κ3) is 3.10. The first-order chi connectivity index (χ1) is 20.7. The van der Waals surface area contributed by atoms with E-state index in [1.54, 1.807) is 0 Å². The molecule has 1 spiro atoms. The first-order valence-corrected chi connectivity index (χ1v) is 14.9. The lowest BCUT2D eigenvalue weighted by molar-refractivity contribution is 0.780. The molecule has 0 N–H and O–H groups in total. The highest BCUT2D eigenvalue weighted by molar-refractivity contribution is 6.34. The lowest BCUT2D eigenvalue weighted by atomic mass is 9.69. The van der Waals surface area contributed by atoms with Crippen LogP contribution in [-0.4, -0.2) is 9.97 Å². The van der Waals surface area contributed by atoms with Crippen LogP contribution in [0.1, 0.15) is 35.1 Å². The Labute approximate surface area is 249 Å². The van der Waals surface area contributed by atoms with Gasteiger partial charge in [0.25, 0.3) is 0 Å². The Hall–Kier alpha value is -4.79. The maximum absolute atomic E-state index is 6.84. The molecule has 2 nitrogen and oxygen atoms in total. The summed E-state index contributed by atoms with van der Waals surface area (Å²) in [4.78, 5) is 9.56. The molecule has 5 aromatic carbocycles. The van der Waals surface area contributed by atoms with Crippen LogP contribution in [0.3, 0.4) is 0 Å². The van der Waals surface area contributed by atoms with Gasteiger partial charge in [0.1, 0.15) is 5.15 Å². The van der Waals surface area contributed by atoms with Crippen molar-refractivity contribution in [2.24, 2.45) is 0 Å². The summed E-state index contributed by atoms with van der Waals surface area (Å²) in [6.45, 7) is 0. The number of nitrogens with zero attached hydrogens (tertiary/aromatic N) is 2. The highest BCUT2D eigenvalue weighted by Gasteiger charge is 2.52. The van der Waals surface area contributed by atoms with Gasteiger partial charge in [0.05, 0.1) is 10.9 Å². The van der Waals surface area contributed by atoms with Gasteiger partial charge in [-0.25, -0.2) is 9.97 Å². The molecule has 6 aromatic rings. The number of aromatic nitrogens is 2. The monoisotopic (exact) mass is 556 g/mol. The van der Waals surface area contributed by atoms with Gasteiger partial charge in [0.15, 0.2) is 5.82 Å². The SMILES string of the molecule is Clc1nc(-c2ccccc2)nc2ccc(-c3cccc4c3C3=C(C=CCC3)C43c4ccccc4-c4ccccc43)cc12. The van der Waals surface area contributed by atoms with Crippen molar-refractivity contribution in [3.05, 3.63) is 160 Å². The Kier molecular flexibility index (Phi) is 5.03. The minimum atomic E-state index is -0.313. The summed E-state index contributed by atoms with van der Waals surface area (Å²) in [6, 6.07) is 41.2. The fourth-order valence-corrected chi connectivity index (χ4v) is 7.87. The van der Waals surface area contributed by atoms with E-state index in [2.05, 4.69) is 102 Å². The van der Waals surface area contributed by atoms with Gasteiger partial charge >= 0.3 is 0 Å². The van der Waals surface area contributed by atoms with E-state index < -0.39 is 0 Å². The molecule has 0 radical (unpaired) electrons. The number of benzene rings is 5. The van der Waals surface area contributed by atoms with E-state index in [4.69, 9.17) is 16.6 Å². The summed E-state index contributed by atoms with van der Waals surface area (Å²) in [7, 11) is 0. The highest BCUT2D eigenvalue weighted by atomic mass is 35.5. The predicted octanol–water partition coefficient (Wildman–Crippen LogP) is 10.0. The average molecular weight is 557 g/mol. The molecule has 3 heteroatoms. The second-order valence-corrected chi connectivity index (χ2v) is 11.7. The first-order valence-electron chi connectivity index (χ1n) is 14.5. The molecule has 0 atom stereocenters. The fraction of sp³-hybridized carbons (Fsp3) is 0.0769. The van der Waals surface area contributed by atoms with Crippen molar-refractivity contribution in [3.8, 4) is 33.6 Å². The summed E-state index contributed by atoms with van der Waals surface area (Å²) >= 11 is 6.84. The minimum Gasteiger partial charge on any atom is -0.228 e. The van der Waals surface area contributed by atoms with Gasteiger partial charge in [0, 0.05) is 10.9 Å². The van der Waals surface area contributed by atoms with Crippen LogP contribution in [0.4, 0.5) is 0 Å². The molecule has 0 amide bonds. The maximum atomic E-state index is 6.84. The molecule has 1 heterocycles. The largest absolute Gasteiger partial charge is 0.228 e. The topological polar surface area (TPSA) is 25.8 Å². The quantitative estimate of drug-likeness (QED) is 0.198. The van der Waals surface area contributed by atoms with E-state index in [1.807, 2.05) is 30.3 Å². The molecular formula is C39H25ClN2. The molecule has 9 rings (SSSR count). The zero-order valence-corrected chi connectivity index (χ0v) is 23.6. The average Bonchev–Trinajstić information content (AvgIpc) is 3.53. The van der Waals surface area contributed by atoms with Crippen molar-refractivity contribution in [2.75, 3.05) is 0 Å². The molecule has 3 aliphatic carbocycles. The molecule has 42 heavy (non-hydrogen) atoms. The number of halogens is 1. The molecule has 0 saturated heterocycles. The lowest BCUT2D eigenvalue weighted by Gasteiger charge is -2.32. The number of hydrogen-bond acceptors (Lipinski definition) is 2. The second-order valence-electron chi connectivity index (χ2n) is 11.3. The number of allylic oxidation sites excluding steroid dienone is 4. The summed E-state index contributed by atoms with van der Waals surface area (Å²) in [5.74, 6) is 0.644. The van der Waals surface area contributed by atoms with Gasteiger partial charge in [-0.3, -0.25) is 0 Å². The zero-order valence-electron chi connectivity index (χ0n) is 22.8. The Morgan fingerprint density at radius 2 is 1.31 bits per heavy atom. The van der Waals surface area contributed by atoms with Crippen molar-refractivity contribution in [1.82, 2.24) is 9.97 Å². The lowest BCUT2D eigenvalue weighted by Crippen LogP contribution is -2.27. The van der Waals surface area contributed by atoms with E-state index in [0.717, 1.165) is 34.9 Å². The molecule has 0 aliphatic heterocycles. The van der Waals surface area contributed by atoms with E-state index in [1.165, 1.54) is 50.1 Å². The standard InChI is InChI=1S/C39H25ClN2/c40-37-30-23-25(21-22-35(30)41-38(42-37)24-11-2-1-3-12-24)26-16-10-20-34-36(26)29-15-6-9-19-33(29)39(34)31-17-7-4-13-27(31)28-14-5-8-18-32(28)39/h1-5,7-14,16-23H,6,15H2. The third-order valence-electron chi connectivity index (χ3n) is 9.29. The van der Waals surface area contributed by atoms with Crippen LogP contribution in [-0.2, 0) is 5.41 Å². The van der Waals surface area contributed by atoms with Crippen LogP contribution in [0.25, 0.3) is 50.1 Å². The van der Waals surface area contributed by atoms with E-state index in [9.17, 15) is 0 Å². The van der Waals surface area contributed by atoms with E-state index in [-0.39, 0.29) is 5.41 Å². The van der Waals surface area contributed by atoms with Gasteiger partial charge in [-0.05, 0) is 80.6 Å². The summed E-state index contributed by atoms with van der Waals surface area (Å²) in [5.41, 5.74) is 14.9. The van der Waals surface area contributed by atoms with Crippen molar-refractivity contribution in [3.63, 3.8) is 0 Å². The predicted molar refractivity (Wildman–Crippen MR) is 172 cm³/mol. The maximum Gasteiger partial charge on any atom is 0.161 e. The van der Waals surface area contributed by atoms with Crippen LogP contribution >= 0.6 is 11.6 Å². The van der Waals surface area contributed by atoms with Gasteiger partial charge in [-0.15, -0.1) is 0 Å². The van der Waals surface area contributed by atoms with E-state index >= 15 is 0 Å². The molecule has 3 aliphatic rings. The highest BCUT2D eigenvalue weighted by Crippen LogP contribution is 2.64. The van der Waals surface area contributed by atoms with Crippen molar-refractivity contribution in [1.29, 1.82) is 0 Å².